The molecule has 0 amide bonds. The Morgan fingerprint density at radius 1 is 0.833 bits per heavy atom. The maximum absolute atomic E-state index is 6.46. The van der Waals surface area contributed by atoms with Crippen molar-refractivity contribution in [1.29, 1.82) is 0 Å². The zero-order chi connectivity index (χ0) is 14.3. The topological polar surface area (TPSA) is 9.23 Å². The summed E-state index contributed by atoms with van der Waals surface area (Å²) in [4.78, 5) is 0. The number of rotatable bonds is 3. The van der Waals surface area contributed by atoms with Crippen LogP contribution >= 0.6 is 23.2 Å². The molecule has 0 fully saturated rings. The van der Waals surface area contributed by atoms with Crippen LogP contribution in [-0.4, -0.2) is 23.3 Å². The van der Waals surface area contributed by atoms with E-state index in [4.69, 9.17) is 27.9 Å². The Hall–Kier alpha value is 0.0338. The molecule has 0 bridgehead atoms. The highest BCUT2D eigenvalue weighted by atomic mass is 35.5. The van der Waals surface area contributed by atoms with E-state index in [0.29, 0.717) is 15.8 Å². The van der Waals surface area contributed by atoms with E-state index in [0.717, 1.165) is 0 Å². The average molecular weight is 321 g/mol. The number of halogens is 2. The van der Waals surface area contributed by atoms with Crippen LogP contribution in [0.4, 0.5) is 0 Å². The van der Waals surface area contributed by atoms with Gasteiger partial charge in [-0.05, 0) is 10.4 Å². The minimum Gasteiger partial charge on any atom is -0.494 e. The summed E-state index contributed by atoms with van der Waals surface area (Å²) in [6.45, 7) is 13.7. The number of hydrogen-bond acceptors (Lipinski definition) is 1. The van der Waals surface area contributed by atoms with Crippen molar-refractivity contribution in [1.82, 2.24) is 0 Å². The third-order valence-corrected chi connectivity index (χ3v) is 8.07. The molecule has 1 aromatic rings. The molecular weight excluding hydrogens is 299 g/mol. The van der Waals surface area contributed by atoms with Crippen LogP contribution in [0.1, 0.15) is 0 Å². The van der Waals surface area contributed by atoms with E-state index < -0.39 is 16.1 Å². The van der Waals surface area contributed by atoms with E-state index in [9.17, 15) is 0 Å². The minimum absolute atomic E-state index is 0.649. The molecular formula is C13H22Cl2OSi2. The van der Waals surface area contributed by atoms with Crippen molar-refractivity contribution in [3.05, 3.63) is 16.1 Å². The van der Waals surface area contributed by atoms with E-state index in [1.54, 1.807) is 7.11 Å². The van der Waals surface area contributed by atoms with Crippen LogP contribution in [0.15, 0.2) is 6.07 Å². The van der Waals surface area contributed by atoms with Gasteiger partial charge in [0.05, 0.1) is 33.3 Å². The zero-order valence-electron chi connectivity index (χ0n) is 12.2. The van der Waals surface area contributed by atoms with Crippen molar-refractivity contribution in [2.45, 2.75) is 39.3 Å². The van der Waals surface area contributed by atoms with Gasteiger partial charge in [0, 0.05) is 0 Å². The van der Waals surface area contributed by atoms with Crippen molar-refractivity contribution in [3.63, 3.8) is 0 Å². The number of benzene rings is 1. The molecule has 0 aliphatic rings. The van der Waals surface area contributed by atoms with Crippen molar-refractivity contribution < 1.29 is 4.74 Å². The normalized spacial score (nSPS) is 12.7. The van der Waals surface area contributed by atoms with Gasteiger partial charge in [-0.15, -0.1) is 0 Å². The quantitative estimate of drug-likeness (QED) is 0.762. The van der Waals surface area contributed by atoms with Crippen molar-refractivity contribution in [2.75, 3.05) is 7.11 Å². The fraction of sp³-hybridized carbons (Fsp3) is 0.538. The number of hydrogen-bond donors (Lipinski definition) is 0. The molecule has 0 spiro atoms. The molecule has 1 rings (SSSR count). The summed E-state index contributed by atoms with van der Waals surface area (Å²) in [5.74, 6) is 0.649. The van der Waals surface area contributed by atoms with Crippen LogP contribution in [0.25, 0.3) is 0 Å². The molecule has 102 valence electrons. The molecule has 1 aromatic carbocycles. The van der Waals surface area contributed by atoms with E-state index >= 15 is 0 Å². The first-order valence-corrected chi connectivity index (χ1v) is 13.8. The predicted molar refractivity (Wildman–Crippen MR) is 89.0 cm³/mol. The molecule has 0 radical (unpaired) electrons. The van der Waals surface area contributed by atoms with Crippen LogP contribution in [0.3, 0.4) is 0 Å². The first-order chi connectivity index (χ1) is 8.00. The van der Waals surface area contributed by atoms with Gasteiger partial charge in [0.2, 0.25) is 0 Å². The van der Waals surface area contributed by atoms with E-state index in [-0.39, 0.29) is 0 Å². The third kappa shape index (κ3) is 3.13. The van der Waals surface area contributed by atoms with Crippen LogP contribution in [0, 0.1) is 0 Å². The standard InChI is InChI=1S/C13H22Cl2OSi2/c1-16-13-11(14)9(17(2,3)4)8-10(12(13)15)18(5,6)7/h8H,1-7H3. The third-order valence-electron chi connectivity index (χ3n) is 2.98. The molecule has 0 saturated heterocycles. The lowest BCUT2D eigenvalue weighted by molar-refractivity contribution is 0.416. The Bertz CT molecular complexity index is 421. The first kappa shape index (κ1) is 16.1. The Morgan fingerprint density at radius 3 is 1.39 bits per heavy atom. The SMILES string of the molecule is COc1c(Cl)c([Si](C)(C)C)cc([Si](C)(C)C)c1Cl. The summed E-state index contributed by atoms with van der Waals surface area (Å²) in [7, 11) is -1.38. The van der Waals surface area contributed by atoms with E-state index in [1.165, 1.54) is 10.4 Å². The summed E-state index contributed by atoms with van der Waals surface area (Å²) >= 11 is 12.9. The first-order valence-electron chi connectivity index (χ1n) is 6.07. The average Bonchev–Trinajstić information content (AvgIpc) is 2.14. The second-order valence-electron chi connectivity index (χ2n) is 6.63. The lowest BCUT2D eigenvalue weighted by atomic mass is 10.3. The number of ether oxygens (including phenoxy) is 1. The van der Waals surface area contributed by atoms with Gasteiger partial charge in [-0.2, -0.15) is 0 Å². The molecule has 5 heteroatoms. The summed E-state index contributed by atoms with van der Waals surface area (Å²) in [6.07, 6.45) is 0. The second kappa shape index (κ2) is 5.19. The summed E-state index contributed by atoms with van der Waals surface area (Å²) in [5, 5.41) is 3.87. The molecule has 0 aromatic heterocycles. The Labute approximate surface area is 122 Å². The maximum Gasteiger partial charge on any atom is 0.155 e. The predicted octanol–water partition coefficient (Wildman–Crippen LogP) is 4.09. The highest BCUT2D eigenvalue weighted by molar-refractivity contribution is 6.93. The van der Waals surface area contributed by atoms with Gasteiger partial charge < -0.3 is 4.74 Å². The summed E-state index contributed by atoms with van der Waals surface area (Å²) in [5.41, 5.74) is 0. The Balaban J connectivity index is 3.68. The molecule has 1 nitrogen and oxygen atoms in total. The molecule has 0 heterocycles. The summed E-state index contributed by atoms with van der Waals surface area (Å²) < 4.78 is 5.43. The smallest absolute Gasteiger partial charge is 0.155 e. The molecule has 0 atom stereocenters. The maximum atomic E-state index is 6.46. The minimum atomic E-state index is -1.51. The lowest BCUT2D eigenvalue weighted by Crippen LogP contribution is -2.46. The van der Waals surface area contributed by atoms with Gasteiger partial charge in [-0.25, -0.2) is 0 Å². The van der Waals surface area contributed by atoms with E-state index in [1.807, 2.05) is 0 Å². The van der Waals surface area contributed by atoms with Gasteiger partial charge in [-0.1, -0.05) is 68.6 Å². The van der Waals surface area contributed by atoms with Crippen LogP contribution in [0.5, 0.6) is 5.75 Å². The van der Waals surface area contributed by atoms with Crippen molar-refractivity contribution >= 4 is 49.7 Å². The largest absolute Gasteiger partial charge is 0.494 e. The molecule has 0 aliphatic heterocycles. The van der Waals surface area contributed by atoms with Gasteiger partial charge in [0.25, 0.3) is 0 Å². The van der Waals surface area contributed by atoms with Crippen molar-refractivity contribution in [2.24, 2.45) is 0 Å². The van der Waals surface area contributed by atoms with Crippen LogP contribution in [0.2, 0.25) is 49.3 Å². The Morgan fingerprint density at radius 2 is 1.17 bits per heavy atom. The molecule has 0 N–H and O–H groups in total. The number of methoxy groups -OCH3 is 1. The highest BCUT2D eigenvalue weighted by Crippen LogP contribution is 2.32. The lowest BCUT2D eigenvalue weighted by Gasteiger charge is -2.26. The van der Waals surface area contributed by atoms with Gasteiger partial charge in [-0.3, -0.25) is 0 Å². The highest BCUT2D eigenvalue weighted by Gasteiger charge is 2.29. The van der Waals surface area contributed by atoms with Crippen LogP contribution in [-0.2, 0) is 0 Å². The molecule has 0 aliphatic carbocycles. The van der Waals surface area contributed by atoms with Gasteiger partial charge in [0.1, 0.15) is 0 Å². The molecule has 18 heavy (non-hydrogen) atoms. The second-order valence-corrected chi connectivity index (χ2v) is 17.5. The summed E-state index contributed by atoms with van der Waals surface area (Å²) in [6, 6.07) is 2.23. The fourth-order valence-electron chi connectivity index (χ4n) is 1.88. The molecule has 0 unspecified atom stereocenters. The Kier molecular flexibility index (Phi) is 4.64. The zero-order valence-corrected chi connectivity index (χ0v) is 15.8. The van der Waals surface area contributed by atoms with Crippen molar-refractivity contribution in [3.8, 4) is 5.75 Å². The van der Waals surface area contributed by atoms with E-state index in [2.05, 4.69) is 45.3 Å². The van der Waals surface area contributed by atoms with Gasteiger partial charge in [0.15, 0.2) is 5.75 Å². The monoisotopic (exact) mass is 320 g/mol. The van der Waals surface area contributed by atoms with Gasteiger partial charge >= 0.3 is 0 Å². The fourth-order valence-corrected chi connectivity index (χ4v) is 6.93. The molecule has 0 saturated carbocycles. The van der Waals surface area contributed by atoms with Crippen LogP contribution < -0.4 is 15.1 Å².